The SMILES string of the molecule is CNC(=O)CCC#Cc1cc2nc(N3CCCCC3)nc(NC3CCN(C(C)C)CC3)c2cc1OC. The fraction of sp³-hybridized carbons (Fsp3) is 0.607. The average molecular weight is 493 g/mol. The van der Waals surface area contributed by atoms with Crippen LogP contribution in [0.3, 0.4) is 0 Å². The number of hydrogen-bond acceptors (Lipinski definition) is 7. The molecule has 2 saturated heterocycles. The van der Waals surface area contributed by atoms with Crippen LogP contribution in [0.4, 0.5) is 11.8 Å². The number of carbonyl (C=O) groups excluding carboxylic acids is 1. The first kappa shape index (κ1) is 26.0. The summed E-state index contributed by atoms with van der Waals surface area (Å²) < 4.78 is 5.70. The molecule has 0 saturated carbocycles. The number of likely N-dealkylation sites (tertiary alicyclic amines) is 1. The van der Waals surface area contributed by atoms with Gasteiger partial charge in [0.1, 0.15) is 11.6 Å². The molecule has 2 fully saturated rings. The number of hydrogen-bond donors (Lipinski definition) is 2. The van der Waals surface area contributed by atoms with Crippen LogP contribution < -0.4 is 20.3 Å². The summed E-state index contributed by atoms with van der Waals surface area (Å²) in [5.41, 5.74) is 1.64. The third kappa shape index (κ3) is 6.38. The molecule has 0 bridgehead atoms. The van der Waals surface area contributed by atoms with E-state index in [9.17, 15) is 4.79 Å². The Morgan fingerprint density at radius 3 is 2.56 bits per heavy atom. The summed E-state index contributed by atoms with van der Waals surface area (Å²) in [6, 6.07) is 4.96. The highest BCUT2D eigenvalue weighted by molar-refractivity contribution is 5.93. The summed E-state index contributed by atoms with van der Waals surface area (Å²) in [5, 5.41) is 7.35. The minimum Gasteiger partial charge on any atom is -0.495 e. The maximum Gasteiger partial charge on any atom is 0.227 e. The highest BCUT2D eigenvalue weighted by atomic mass is 16.5. The van der Waals surface area contributed by atoms with Crippen LogP contribution in [0.25, 0.3) is 10.9 Å². The van der Waals surface area contributed by atoms with Gasteiger partial charge in [-0.1, -0.05) is 11.8 Å². The van der Waals surface area contributed by atoms with Crippen molar-refractivity contribution in [3.05, 3.63) is 17.7 Å². The van der Waals surface area contributed by atoms with E-state index in [0.717, 1.165) is 67.3 Å². The van der Waals surface area contributed by atoms with Gasteiger partial charge < -0.3 is 25.2 Å². The van der Waals surface area contributed by atoms with E-state index in [1.807, 2.05) is 12.1 Å². The van der Waals surface area contributed by atoms with Gasteiger partial charge in [0.05, 0.1) is 18.2 Å². The zero-order valence-electron chi connectivity index (χ0n) is 22.2. The van der Waals surface area contributed by atoms with Crippen molar-refractivity contribution in [3.63, 3.8) is 0 Å². The van der Waals surface area contributed by atoms with Gasteiger partial charge in [0.2, 0.25) is 11.9 Å². The van der Waals surface area contributed by atoms with Crippen LogP contribution in [-0.4, -0.2) is 73.2 Å². The maximum atomic E-state index is 11.5. The fourth-order valence-corrected chi connectivity index (χ4v) is 4.97. The first-order chi connectivity index (χ1) is 17.5. The fourth-order valence-electron chi connectivity index (χ4n) is 4.97. The minimum atomic E-state index is -0.0105. The second kappa shape index (κ2) is 12.3. The molecule has 2 N–H and O–H groups in total. The number of methoxy groups -OCH3 is 1. The van der Waals surface area contributed by atoms with Crippen LogP contribution in [0.15, 0.2) is 12.1 Å². The molecule has 2 aliphatic rings. The van der Waals surface area contributed by atoms with Crippen molar-refractivity contribution in [2.24, 2.45) is 0 Å². The zero-order valence-corrected chi connectivity index (χ0v) is 22.2. The molecular formula is C28H40N6O2. The monoisotopic (exact) mass is 492 g/mol. The van der Waals surface area contributed by atoms with E-state index in [-0.39, 0.29) is 5.91 Å². The number of nitrogens with one attached hydrogen (secondary N) is 2. The van der Waals surface area contributed by atoms with E-state index < -0.39 is 0 Å². The highest BCUT2D eigenvalue weighted by Gasteiger charge is 2.23. The van der Waals surface area contributed by atoms with Crippen LogP contribution >= 0.6 is 0 Å². The van der Waals surface area contributed by atoms with Gasteiger partial charge in [0, 0.05) is 63.5 Å². The van der Waals surface area contributed by atoms with Crippen LogP contribution in [0.5, 0.6) is 5.75 Å². The van der Waals surface area contributed by atoms with Gasteiger partial charge in [0.25, 0.3) is 0 Å². The number of anilines is 2. The zero-order chi connectivity index (χ0) is 25.5. The molecule has 4 rings (SSSR count). The number of rotatable bonds is 7. The van der Waals surface area contributed by atoms with E-state index >= 15 is 0 Å². The molecule has 3 heterocycles. The summed E-state index contributed by atoms with van der Waals surface area (Å²) in [5.74, 6) is 8.66. The number of aromatic nitrogens is 2. The molecule has 0 aliphatic carbocycles. The first-order valence-electron chi connectivity index (χ1n) is 13.3. The molecule has 2 aromatic rings. The van der Waals surface area contributed by atoms with Gasteiger partial charge >= 0.3 is 0 Å². The number of benzene rings is 1. The Kier molecular flexibility index (Phi) is 8.87. The molecule has 0 spiro atoms. The molecule has 0 unspecified atom stereocenters. The lowest BCUT2D eigenvalue weighted by Gasteiger charge is -2.35. The Morgan fingerprint density at radius 1 is 1.14 bits per heavy atom. The van der Waals surface area contributed by atoms with E-state index in [0.29, 0.717) is 30.7 Å². The summed E-state index contributed by atoms with van der Waals surface area (Å²) in [4.78, 5) is 26.4. The first-order valence-corrected chi connectivity index (χ1v) is 13.3. The second-order valence-electron chi connectivity index (χ2n) is 10.0. The highest BCUT2D eigenvalue weighted by Crippen LogP contribution is 2.32. The molecule has 1 amide bonds. The standard InChI is InChI=1S/C28H40N6O2/c1-20(2)33-16-12-22(13-17-33)30-27-23-19-25(36-4)21(10-6-7-11-26(35)29-3)18-24(23)31-28(32-27)34-14-8-5-9-15-34/h18-20,22H,5,7-9,11-17H2,1-4H3,(H,29,35)(H,30,31,32). The Morgan fingerprint density at radius 2 is 1.89 bits per heavy atom. The lowest BCUT2D eigenvalue weighted by Crippen LogP contribution is -2.42. The number of piperidine rings is 2. The van der Waals surface area contributed by atoms with Crippen LogP contribution in [0, 0.1) is 11.8 Å². The number of ether oxygens (including phenoxy) is 1. The minimum absolute atomic E-state index is 0.0105. The van der Waals surface area contributed by atoms with Crippen molar-refractivity contribution in [3.8, 4) is 17.6 Å². The lowest BCUT2D eigenvalue weighted by molar-refractivity contribution is -0.120. The van der Waals surface area contributed by atoms with E-state index in [4.69, 9.17) is 14.7 Å². The Labute approximate surface area is 215 Å². The molecule has 194 valence electrons. The van der Waals surface area contributed by atoms with Gasteiger partial charge in [-0.2, -0.15) is 4.98 Å². The molecule has 8 heteroatoms. The van der Waals surface area contributed by atoms with Gasteiger partial charge in [-0.15, -0.1) is 0 Å². The molecule has 0 atom stereocenters. The summed E-state index contributed by atoms with van der Waals surface area (Å²) in [6.07, 6.45) is 6.65. The normalized spacial score (nSPS) is 17.1. The molecule has 8 nitrogen and oxygen atoms in total. The number of amides is 1. The van der Waals surface area contributed by atoms with Gasteiger partial charge in [-0.3, -0.25) is 4.79 Å². The number of nitrogens with zero attached hydrogens (tertiary/aromatic N) is 4. The van der Waals surface area contributed by atoms with Gasteiger partial charge in [-0.05, 0) is 58.1 Å². The number of fused-ring (bicyclic) bond motifs is 1. The largest absolute Gasteiger partial charge is 0.495 e. The molecular weight excluding hydrogens is 452 g/mol. The van der Waals surface area contributed by atoms with Crippen molar-refractivity contribution in [1.29, 1.82) is 0 Å². The van der Waals surface area contributed by atoms with Crippen molar-refractivity contribution in [2.75, 3.05) is 50.6 Å². The molecule has 0 radical (unpaired) electrons. The maximum absolute atomic E-state index is 11.5. The Balaban J connectivity index is 1.66. The lowest BCUT2D eigenvalue weighted by atomic mass is 10.0. The third-order valence-corrected chi connectivity index (χ3v) is 7.22. The smallest absolute Gasteiger partial charge is 0.227 e. The van der Waals surface area contributed by atoms with E-state index in [1.54, 1.807) is 14.2 Å². The summed E-state index contributed by atoms with van der Waals surface area (Å²) in [7, 11) is 3.30. The van der Waals surface area contributed by atoms with Crippen molar-refractivity contribution in [1.82, 2.24) is 20.2 Å². The molecule has 1 aromatic heterocycles. The predicted molar refractivity (Wildman–Crippen MR) is 146 cm³/mol. The third-order valence-electron chi connectivity index (χ3n) is 7.22. The van der Waals surface area contributed by atoms with Crippen LogP contribution in [0.1, 0.15) is 64.4 Å². The number of carbonyl (C=O) groups is 1. The van der Waals surface area contributed by atoms with Crippen LogP contribution in [-0.2, 0) is 4.79 Å². The Hall–Kier alpha value is -3.05. The van der Waals surface area contributed by atoms with Crippen molar-refractivity contribution >= 4 is 28.6 Å². The molecule has 1 aromatic carbocycles. The Bertz CT molecular complexity index is 1110. The quantitative estimate of drug-likeness (QED) is 0.569. The molecule has 2 aliphatic heterocycles. The van der Waals surface area contributed by atoms with Crippen molar-refractivity contribution in [2.45, 2.75) is 70.9 Å². The van der Waals surface area contributed by atoms with E-state index in [2.05, 4.69) is 46.1 Å². The van der Waals surface area contributed by atoms with Crippen LogP contribution in [0.2, 0.25) is 0 Å². The van der Waals surface area contributed by atoms with Crippen molar-refractivity contribution < 1.29 is 9.53 Å². The van der Waals surface area contributed by atoms with E-state index in [1.165, 1.54) is 19.3 Å². The average Bonchev–Trinajstić information content (AvgIpc) is 2.91. The van der Waals surface area contributed by atoms with Gasteiger partial charge in [0.15, 0.2) is 0 Å². The molecule has 36 heavy (non-hydrogen) atoms. The van der Waals surface area contributed by atoms with Gasteiger partial charge in [-0.25, -0.2) is 4.98 Å². The predicted octanol–water partition coefficient (Wildman–Crippen LogP) is 3.79. The summed E-state index contributed by atoms with van der Waals surface area (Å²) in [6.45, 7) is 8.69. The topological polar surface area (TPSA) is 82.6 Å². The second-order valence-corrected chi connectivity index (χ2v) is 10.0. The summed E-state index contributed by atoms with van der Waals surface area (Å²) >= 11 is 0.